The quantitative estimate of drug-likeness (QED) is 0.222. The molecule has 2 amide bonds. The molecule has 0 atom stereocenters. The second-order valence-corrected chi connectivity index (χ2v) is 13.1. The molecule has 3 aromatic rings. The molecule has 7 nitrogen and oxygen atoms in total. The van der Waals surface area contributed by atoms with E-state index < -0.39 is 11.6 Å². The molecular formula is C37H49N3O4. The van der Waals surface area contributed by atoms with E-state index in [4.69, 9.17) is 4.74 Å². The van der Waals surface area contributed by atoms with E-state index in [0.717, 1.165) is 11.1 Å². The lowest BCUT2D eigenvalue weighted by Gasteiger charge is -2.31. The largest absolute Gasteiger partial charge is 0.456 e. The van der Waals surface area contributed by atoms with Crippen LogP contribution < -0.4 is 5.32 Å². The number of esters is 1. The van der Waals surface area contributed by atoms with E-state index in [1.807, 2.05) is 114 Å². The van der Waals surface area contributed by atoms with Gasteiger partial charge in [0, 0.05) is 48.9 Å². The molecule has 0 saturated carbocycles. The van der Waals surface area contributed by atoms with Crippen LogP contribution in [0.25, 0.3) is 0 Å². The van der Waals surface area contributed by atoms with Crippen LogP contribution in [0.2, 0.25) is 0 Å². The number of benzene rings is 3. The molecular weight excluding hydrogens is 550 g/mol. The third kappa shape index (κ3) is 9.26. The van der Waals surface area contributed by atoms with Crippen molar-refractivity contribution in [3.8, 4) is 0 Å². The lowest BCUT2D eigenvalue weighted by molar-refractivity contribution is 0.00662. The highest BCUT2D eigenvalue weighted by Crippen LogP contribution is 2.23. The van der Waals surface area contributed by atoms with E-state index in [1.165, 1.54) is 0 Å². The summed E-state index contributed by atoms with van der Waals surface area (Å²) in [6.45, 7) is 18.7. The van der Waals surface area contributed by atoms with Gasteiger partial charge in [0.15, 0.2) is 0 Å². The van der Waals surface area contributed by atoms with Crippen LogP contribution in [0.3, 0.4) is 0 Å². The average molecular weight is 600 g/mol. The molecule has 0 aliphatic heterocycles. The summed E-state index contributed by atoms with van der Waals surface area (Å²) in [6, 6.07) is 22.5. The third-order valence-electron chi connectivity index (χ3n) is 7.28. The lowest BCUT2D eigenvalue weighted by atomic mass is 10.0. The van der Waals surface area contributed by atoms with Gasteiger partial charge in [-0.25, -0.2) is 4.79 Å². The van der Waals surface area contributed by atoms with Crippen LogP contribution in [0.4, 0.5) is 0 Å². The van der Waals surface area contributed by atoms with Crippen molar-refractivity contribution in [1.29, 1.82) is 0 Å². The highest BCUT2D eigenvalue weighted by Gasteiger charge is 2.28. The molecule has 3 rings (SSSR count). The van der Waals surface area contributed by atoms with Crippen molar-refractivity contribution >= 4 is 17.8 Å². The zero-order valence-corrected chi connectivity index (χ0v) is 27.8. The molecule has 0 heterocycles. The molecule has 7 heteroatoms. The van der Waals surface area contributed by atoms with E-state index in [2.05, 4.69) is 19.2 Å². The molecule has 236 valence electrons. The molecule has 0 radical (unpaired) electrons. The predicted molar refractivity (Wildman–Crippen MR) is 176 cm³/mol. The average Bonchev–Trinajstić information content (AvgIpc) is 2.96. The van der Waals surface area contributed by atoms with Gasteiger partial charge >= 0.3 is 5.97 Å². The van der Waals surface area contributed by atoms with Crippen LogP contribution in [0, 0.1) is 0 Å². The van der Waals surface area contributed by atoms with Crippen LogP contribution in [-0.2, 0) is 24.4 Å². The van der Waals surface area contributed by atoms with Gasteiger partial charge in [-0.3, -0.25) is 9.59 Å². The lowest BCUT2D eigenvalue weighted by Crippen LogP contribution is -2.40. The van der Waals surface area contributed by atoms with Crippen molar-refractivity contribution in [3.63, 3.8) is 0 Å². The van der Waals surface area contributed by atoms with Gasteiger partial charge in [0.05, 0.1) is 5.56 Å². The fourth-order valence-electron chi connectivity index (χ4n) is 4.91. The van der Waals surface area contributed by atoms with Crippen molar-refractivity contribution in [1.82, 2.24) is 15.1 Å². The Morgan fingerprint density at radius 2 is 1.02 bits per heavy atom. The second kappa shape index (κ2) is 15.2. The van der Waals surface area contributed by atoms with Gasteiger partial charge < -0.3 is 19.9 Å². The van der Waals surface area contributed by atoms with Crippen LogP contribution in [0.15, 0.2) is 72.8 Å². The smallest absolute Gasteiger partial charge is 0.338 e. The fourth-order valence-corrected chi connectivity index (χ4v) is 4.91. The van der Waals surface area contributed by atoms with Crippen LogP contribution >= 0.6 is 0 Å². The molecule has 0 bridgehead atoms. The number of carbonyl (C=O) groups excluding carboxylic acids is 3. The maximum absolute atomic E-state index is 14.2. The van der Waals surface area contributed by atoms with Gasteiger partial charge in [-0.2, -0.15) is 0 Å². The fraction of sp³-hybridized carbons (Fsp3) is 0.432. The molecule has 44 heavy (non-hydrogen) atoms. The van der Waals surface area contributed by atoms with Crippen molar-refractivity contribution < 1.29 is 19.1 Å². The molecule has 3 aromatic carbocycles. The number of nitrogens with zero attached hydrogens (tertiary/aromatic N) is 2. The molecule has 0 saturated heterocycles. The maximum atomic E-state index is 14.2. The highest BCUT2D eigenvalue weighted by molar-refractivity contribution is 5.98. The van der Waals surface area contributed by atoms with Gasteiger partial charge in [-0.1, -0.05) is 68.4 Å². The number of ether oxygens (including phenoxy) is 1. The van der Waals surface area contributed by atoms with Gasteiger partial charge in [0.1, 0.15) is 5.60 Å². The van der Waals surface area contributed by atoms with Gasteiger partial charge in [-0.15, -0.1) is 0 Å². The maximum Gasteiger partial charge on any atom is 0.338 e. The number of rotatable bonds is 12. The monoisotopic (exact) mass is 599 g/mol. The first-order chi connectivity index (χ1) is 20.7. The minimum absolute atomic E-state index is 0.0737. The summed E-state index contributed by atoms with van der Waals surface area (Å²) in [7, 11) is 0. The Morgan fingerprint density at radius 3 is 1.45 bits per heavy atom. The number of amides is 2. The van der Waals surface area contributed by atoms with E-state index in [1.54, 1.807) is 17.0 Å². The van der Waals surface area contributed by atoms with Crippen molar-refractivity contribution in [2.24, 2.45) is 0 Å². The SMILES string of the molecule is CC(C)NCc1ccccc1C(=O)N(Cc1ccccc1C(=O)N(Cc1ccccc1C(=O)OC(C)(C)C)C(C)C)C(C)C. The summed E-state index contributed by atoms with van der Waals surface area (Å²) in [6.07, 6.45) is 0. The minimum Gasteiger partial charge on any atom is -0.456 e. The Bertz CT molecular complexity index is 1440. The number of hydrogen-bond acceptors (Lipinski definition) is 5. The zero-order valence-electron chi connectivity index (χ0n) is 27.8. The first kappa shape index (κ1) is 34.5. The predicted octanol–water partition coefficient (Wildman–Crippen LogP) is 7.24. The van der Waals surface area contributed by atoms with Crippen molar-refractivity contribution in [2.75, 3.05) is 0 Å². The van der Waals surface area contributed by atoms with E-state index in [9.17, 15) is 14.4 Å². The van der Waals surface area contributed by atoms with Crippen LogP contribution in [0.1, 0.15) is 110 Å². The molecule has 0 aromatic heterocycles. The van der Waals surface area contributed by atoms with Gasteiger partial charge in [-0.05, 0) is 83.4 Å². The number of hydrogen-bond donors (Lipinski definition) is 1. The standard InChI is InChI=1S/C37H49N3O4/c1-25(2)38-22-28-16-10-13-19-31(28)34(41)39(26(3)4)23-29-17-11-14-20-32(29)35(42)40(27(5)6)24-30-18-12-15-21-33(30)36(43)44-37(7,8)9/h10-21,25-27,38H,22-24H2,1-9H3. The Morgan fingerprint density at radius 1 is 0.636 bits per heavy atom. The third-order valence-corrected chi connectivity index (χ3v) is 7.28. The molecule has 0 spiro atoms. The summed E-state index contributed by atoms with van der Waals surface area (Å²) in [5.74, 6) is -0.651. The number of carbonyl (C=O) groups is 3. The Labute approximate surface area is 263 Å². The Hall–Kier alpha value is -3.97. The second-order valence-electron chi connectivity index (χ2n) is 13.1. The minimum atomic E-state index is -0.637. The normalized spacial score (nSPS) is 11.6. The van der Waals surface area contributed by atoms with Crippen molar-refractivity contribution in [2.45, 2.75) is 106 Å². The summed E-state index contributed by atoms with van der Waals surface area (Å²) < 4.78 is 5.65. The number of nitrogens with one attached hydrogen (secondary N) is 1. The molecule has 0 fully saturated rings. The van der Waals surface area contributed by atoms with Crippen LogP contribution in [0.5, 0.6) is 0 Å². The van der Waals surface area contributed by atoms with Crippen molar-refractivity contribution in [3.05, 3.63) is 106 Å². The Balaban J connectivity index is 1.93. The molecule has 0 aliphatic rings. The van der Waals surface area contributed by atoms with E-state index >= 15 is 0 Å². The molecule has 0 unspecified atom stereocenters. The molecule has 0 aliphatic carbocycles. The summed E-state index contributed by atoms with van der Waals surface area (Å²) in [5.41, 5.74) is 3.41. The Kier molecular flexibility index (Phi) is 11.9. The van der Waals surface area contributed by atoms with Gasteiger partial charge in [0.2, 0.25) is 0 Å². The first-order valence-corrected chi connectivity index (χ1v) is 15.5. The van der Waals surface area contributed by atoms with E-state index in [-0.39, 0.29) is 43.0 Å². The van der Waals surface area contributed by atoms with E-state index in [0.29, 0.717) is 28.8 Å². The van der Waals surface area contributed by atoms with Gasteiger partial charge in [0.25, 0.3) is 11.8 Å². The van der Waals surface area contributed by atoms with Crippen LogP contribution in [-0.4, -0.2) is 51.3 Å². The highest BCUT2D eigenvalue weighted by atomic mass is 16.6. The topological polar surface area (TPSA) is 79.0 Å². The zero-order chi connectivity index (χ0) is 32.6. The summed E-state index contributed by atoms with van der Waals surface area (Å²) in [4.78, 5) is 44.8. The summed E-state index contributed by atoms with van der Waals surface area (Å²) in [5, 5.41) is 3.41. The molecule has 1 N–H and O–H groups in total. The summed E-state index contributed by atoms with van der Waals surface area (Å²) >= 11 is 0. The first-order valence-electron chi connectivity index (χ1n) is 15.5.